The van der Waals surface area contributed by atoms with Crippen LogP contribution in [-0.2, 0) is 9.59 Å². The first-order chi connectivity index (χ1) is 19.7. The van der Waals surface area contributed by atoms with Gasteiger partial charge in [0.15, 0.2) is 0 Å². The van der Waals surface area contributed by atoms with Crippen LogP contribution in [0, 0.1) is 0 Å². The van der Waals surface area contributed by atoms with Crippen LogP contribution in [0.15, 0.2) is 36.7 Å². The molecule has 8 nitrogen and oxygen atoms in total. The van der Waals surface area contributed by atoms with Crippen molar-refractivity contribution < 1.29 is 35.9 Å². The Hall–Kier alpha value is -4.10. The molecule has 0 unspecified atom stereocenters. The molecule has 4 atom stereocenters. The molecule has 2 amide bonds. The summed E-state index contributed by atoms with van der Waals surface area (Å²) in [5.41, 5.74) is 17.7. The summed E-state index contributed by atoms with van der Waals surface area (Å²) in [5, 5.41) is 0. The number of carbonyl (C=O) groups is 2. The number of likely N-dealkylation sites (tertiary alicyclic amines) is 2. The summed E-state index contributed by atoms with van der Waals surface area (Å²) >= 11 is 0. The molecule has 2 saturated heterocycles. The second-order valence-corrected chi connectivity index (χ2v) is 11.3. The zero-order valence-corrected chi connectivity index (χ0v) is 22.0. The van der Waals surface area contributed by atoms with Gasteiger partial charge >= 0.3 is 24.2 Å². The third-order valence-corrected chi connectivity index (χ3v) is 8.68. The number of aromatic nitrogens is 2. The zero-order valence-electron chi connectivity index (χ0n) is 22.0. The lowest BCUT2D eigenvalue weighted by Crippen LogP contribution is -2.46. The minimum atomic E-state index is -4.82. The molecule has 42 heavy (non-hydrogen) atoms. The highest BCUT2D eigenvalue weighted by atomic mass is 19.4. The van der Waals surface area contributed by atoms with Gasteiger partial charge in [0.05, 0.1) is 22.4 Å². The molecule has 3 heterocycles. The van der Waals surface area contributed by atoms with Gasteiger partial charge in [0, 0.05) is 62.2 Å². The molecule has 1 aromatic heterocycles. The first-order valence-corrected chi connectivity index (χ1v) is 13.4. The maximum absolute atomic E-state index is 12.7. The number of alkyl halides is 6. The molecule has 0 saturated carbocycles. The van der Waals surface area contributed by atoms with E-state index in [1.165, 1.54) is 0 Å². The van der Waals surface area contributed by atoms with Crippen LogP contribution in [-0.4, -0.2) is 70.1 Å². The Morgan fingerprint density at radius 2 is 0.929 bits per heavy atom. The van der Waals surface area contributed by atoms with Crippen LogP contribution in [0.25, 0.3) is 11.0 Å². The van der Waals surface area contributed by atoms with Crippen LogP contribution in [0.2, 0.25) is 0 Å². The Balaban J connectivity index is 0.000000151. The standard InChI is InChI=1S/C15H12F3N3O.C13H14F3N3O/c16-15(17,18)14(22)21-6-8-3-9(7-21)11-5-13-12(4-10(8)11)19-1-2-20-13;14-13(15,16)12(20)19-4-6-1-7(5-19)9-3-11(18)10(17)2-8(6)9/h1-2,4-5,8-9H,3,6-7H2;2-3,6-7H,1,4-5,17-18H2/t8-,9+;6-,7+. The van der Waals surface area contributed by atoms with Crippen molar-refractivity contribution in [3.8, 4) is 0 Å². The topological polar surface area (TPSA) is 118 Å². The number of hydrogen-bond donors (Lipinski definition) is 2. The second-order valence-electron chi connectivity index (χ2n) is 11.3. The van der Waals surface area contributed by atoms with E-state index in [1.54, 1.807) is 24.5 Å². The van der Waals surface area contributed by atoms with E-state index in [-0.39, 0.29) is 49.9 Å². The first kappa shape index (κ1) is 28.0. The van der Waals surface area contributed by atoms with Crippen molar-refractivity contribution in [2.24, 2.45) is 0 Å². The summed E-state index contributed by atoms with van der Waals surface area (Å²) in [6.07, 6.45) is -4.91. The van der Waals surface area contributed by atoms with Gasteiger partial charge in [0.25, 0.3) is 0 Å². The highest BCUT2D eigenvalue weighted by Gasteiger charge is 2.49. The number of rotatable bonds is 0. The van der Waals surface area contributed by atoms with Crippen molar-refractivity contribution >= 4 is 34.2 Å². The molecule has 0 radical (unpaired) electrons. The van der Waals surface area contributed by atoms with E-state index < -0.39 is 24.2 Å². The second kappa shape index (κ2) is 9.73. The number of carbonyl (C=O) groups excluding carboxylic acids is 2. The number of halogens is 6. The SMILES string of the molecule is Nc1cc2c(cc1N)[C@H]1C[C@@H]2CN(C(=O)C(F)(F)F)C1.O=C(N1C[C@H]2C[C@@H](C1)c1cc3nccnc3cc12)C(F)(F)F. The van der Waals surface area contributed by atoms with Crippen LogP contribution in [0.4, 0.5) is 37.7 Å². The quantitative estimate of drug-likeness (QED) is 0.295. The number of nitrogens with two attached hydrogens (primary N) is 2. The average molecular weight is 593 g/mol. The monoisotopic (exact) mass is 592 g/mol. The highest BCUT2D eigenvalue weighted by molar-refractivity contribution is 5.83. The number of amides is 2. The number of nitrogens with zero attached hydrogens (tertiary/aromatic N) is 4. The molecule has 14 heteroatoms. The van der Waals surface area contributed by atoms with Crippen LogP contribution in [0.1, 0.15) is 58.8 Å². The van der Waals surface area contributed by atoms with Gasteiger partial charge in [-0.15, -0.1) is 0 Å². The van der Waals surface area contributed by atoms with E-state index in [2.05, 4.69) is 9.97 Å². The summed E-state index contributed by atoms with van der Waals surface area (Å²) in [7, 11) is 0. The van der Waals surface area contributed by atoms with Crippen molar-refractivity contribution in [3.63, 3.8) is 0 Å². The lowest BCUT2D eigenvalue weighted by Gasteiger charge is -2.32. The zero-order chi connectivity index (χ0) is 30.1. The predicted octanol–water partition coefficient (Wildman–Crippen LogP) is 4.43. The van der Waals surface area contributed by atoms with Gasteiger partial charge in [-0.3, -0.25) is 19.6 Å². The van der Waals surface area contributed by atoms with Gasteiger partial charge in [0.1, 0.15) is 0 Å². The summed E-state index contributed by atoms with van der Waals surface area (Å²) in [4.78, 5) is 33.2. The maximum Gasteiger partial charge on any atom is 0.471 e. The molecule has 0 spiro atoms. The Labute approximate surface area is 235 Å². The molecular formula is C28H26F6N6O2. The van der Waals surface area contributed by atoms with Crippen LogP contribution in [0.3, 0.4) is 0 Å². The Morgan fingerprint density at radius 1 is 0.619 bits per heavy atom. The van der Waals surface area contributed by atoms with Gasteiger partial charge in [-0.2, -0.15) is 26.3 Å². The lowest BCUT2D eigenvalue weighted by molar-refractivity contribution is -0.186. The van der Waals surface area contributed by atoms with Crippen LogP contribution in [0.5, 0.6) is 0 Å². The molecule has 3 aromatic rings. The molecule has 2 fully saturated rings. The van der Waals surface area contributed by atoms with Crippen molar-refractivity contribution in [3.05, 3.63) is 58.9 Å². The maximum atomic E-state index is 12.7. The van der Waals surface area contributed by atoms with Crippen molar-refractivity contribution in [2.75, 3.05) is 37.6 Å². The normalized spacial score (nSPS) is 24.1. The third kappa shape index (κ3) is 4.86. The van der Waals surface area contributed by atoms with Crippen molar-refractivity contribution in [1.82, 2.24) is 19.8 Å². The van der Waals surface area contributed by atoms with Crippen molar-refractivity contribution in [2.45, 2.75) is 48.9 Å². The van der Waals surface area contributed by atoms with Gasteiger partial charge < -0.3 is 21.3 Å². The number of benzene rings is 2. The van der Waals surface area contributed by atoms with Gasteiger partial charge in [0.2, 0.25) is 0 Å². The molecule has 4 N–H and O–H groups in total. The molecule has 4 aliphatic rings. The minimum absolute atomic E-state index is 0.0496. The smallest absolute Gasteiger partial charge is 0.397 e. The van der Waals surface area contributed by atoms with E-state index in [0.29, 0.717) is 11.4 Å². The third-order valence-electron chi connectivity index (χ3n) is 8.68. The Kier molecular flexibility index (Phi) is 6.50. The summed E-state index contributed by atoms with van der Waals surface area (Å²) in [5.74, 6) is -3.77. The highest BCUT2D eigenvalue weighted by Crippen LogP contribution is 2.49. The number of nitrogen functional groups attached to an aromatic ring is 2. The van der Waals surface area contributed by atoms with Gasteiger partial charge in [-0.25, -0.2) is 0 Å². The van der Waals surface area contributed by atoms with E-state index in [0.717, 1.165) is 55.9 Å². The average Bonchev–Trinajstić information content (AvgIpc) is 3.33. The van der Waals surface area contributed by atoms with Crippen molar-refractivity contribution in [1.29, 1.82) is 0 Å². The predicted molar refractivity (Wildman–Crippen MR) is 140 cm³/mol. The molecule has 2 aliphatic carbocycles. The molecular weight excluding hydrogens is 566 g/mol. The first-order valence-electron chi connectivity index (χ1n) is 13.4. The van der Waals surface area contributed by atoms with E-state index >= 15 is 0 Å². The molecule has 2 aromatic carbocycles. The van der Waals surface area contributed by atoms with Gasteiger partial charge in [-0.05, 0) is 59.4 Å². The van der Waals surface area contributed by atoms with E-state index in [1.807, 2.05) is 12.1 Å². The number of anilines is 2. The largest absolute Gasteiger partial charge is 0.471 e. The Bertz CT molecular complexity index is 1500. The number of fused-ring (bicyclic) bond motifs is 11. The van der Waals surface area contributed by atoms with E-state index in [9.17, 15) is 35.9 Å². The number of hydrogen-bond acceptors (Lipinski definition) is 6. The summed E-state index contributed by atoms with van der Waals surface area (Å²) in [6, 6.07) is 7.28. The van der Waals surface area contributed by atoms with Crippen LogP contribution >= 0.6 is 0 Å². The Morgan fingerprint density at radius 3 is 1.24 bits per heavy atom. The van der Waals surface area contributed by atoms with Gasteiger partial charge in [-0.1, -0.05) is 0 Å². The fraction of sp³-hybridized carbons (Fsp3) is 0.429. The molecule has 2 aliphatic heterocycles. The summed E-state index contributed by atoms with van der Waals surface area (Å²) < 4.78 is 75.6. The molecule has 7 rings (SSSR count). The molecule has 4 bridgehead atoms. The van der Waals surface area contributed by atoms with E-state index in [4.69, 9.17) is 11.5 Å². The minimum Gasteiger partial charge on any atom is -0.397 e. The number of piperidine rings is 2. The molecule has 222 valence electrons. The fourth-order valence-electron chi connectivity index (χ4n) is 6.92. The van der Waals surface area contributed by atoms with Crippen LogP contribution < -0.4 is 11.5 Å². The fourth-order valence-corrected chi connectivity index (χ4v) is 6.92. The lowest BCUT2D eigenvalue weighted by atomic mass is 9.95. The summed E-state index contributed by atoms with van der Waals surface area (Å²) in [6.45, 7) is 0.414.